The second-order valence-corrected chi connectivity index (χ2v) is 12.2. The number of carbonyl (C=O) groups is 4. The molecule has 2 fully saturated rings. The third-order valence-corrected chi connectivity index (χ3v) is 8.64. The van der Waals surface area contributed by atoms with Crippen LogP contribution in [0.5, 0.6) is 11.5 Å². The van der Waals surface area contributed by atoms with Gasteiger partial charge in [0.25, 0.3) is 5.91 Å². The van der Waals surface area contributed by atoms with Crippen LogP contribution in [0.2, 0.25) is 0 Å². The van der Waals surface area contributed by atoms with Crippen molar-refractivity contribution in [2.45, 2.75) is 44.6 Å². The molecule has 2 heterocycles. The lowest BCUT2D eigenvalue weighted by molar-refractivity contribution is -0.192. The summed E-state index contributed by atoms with van der Waals surface area (Å²) in [7, 11) is 2.93. The molecule has 3 aromatic carbocycles. The Kier molecular flexibility index (Phi) is 13.2. The predicted octanol–water partition coefficient (Wildman–Crippen LogP) is 5.51. The first kappa shape index (κ1) is 37.1. The number of amides is 2. The Hall–Kier alpha value is -5.21. The number of ether oxygens (including phenoxy) is 4. The number of rotatable bonds is 12. The molecule has 3 aromatic rings. The van der Waals surface area contributed by atoms with Crippen molar-refractivity contribution in [3.8, 4) is 11.5 Å². The second kappa shape index (κ2) is 18.2. The first-order valence-corrected chi connectivity index (χ1v) is 16.8. The molecule has 2 aliphatic heterocycles. The standard InChI is InChI=1S/C37H42FN3O10/c1-46-23-48-29-15-13-26(14-16-29)35(43)39-28-8-4-7-21-41(22-28)37(45)51-50-36(44)27-11-9-25(10-12-27)34(42)32-31(49-24-47-2)18-17-30(33(32)38)40-19-5-3-6-20-40/h9-18,28H,3-8,19-24H2,1-2H3,(H,39,43). The summed E-state index contributed by atoms with van der Waals surface area (Å²) in [6.45, 7) is 1.77. The zero-order valence-corrected chi connectivity index (χ0v) is 28.7. The lowest BCUT2D eigenvalue weighted by atomic mass is 9.99. The van der Waals surface area contributed by atoms with Gasteiger partial charge in [-0.1, -0.05) is 12.1 Å². The lowest BCUT2D eigenvalue weighted by Gasteiger charge is -2.30. The van der Waals surface area contributed by atoms with E-state index < -0.39 is 23.7 Å². The summed E-state index contributed by atoms with van der Waals surface area (Å²) in [4.78, 5) is 65.1. The molecule has 14 heteroatoms. The van der Waals surface area contributed by atoms with E-state index >= 15 is 4.39 Å². The fraction of sp³-hybridized carbons (Fsp3) is 0.405. The Morgan fingerprint density at radius 2 is 1.39 bits per heavy atom. The molecule has 2 saturated heterocycles. The van der Waals surface area contributed by atoms with Gasteiger partial charge in [-0.3, -0.25) is 9.59 Å². The first-order chi connectivity index (χ1) is 24.8. The van der Waals surface area contributed by atoms with E-state index in [2.05, 4.69) is 5.32 Å². The molecule has 0 bridgehead atoms. The Bertz CT molecular complexity index is 1660. The number of anilines is 1. The molecular weight excluding hydrogens is 665 g/mol. The Morgan fingerprint density at radius 3 is 2.10 bits per heavy atom. The number of nitrogens with one attached hydrogen (secondary N) is 1. The number of hydrogen-bond donors (Lipinski definition) is 1. The van der Waals surface area contributed by atoms with Crippen LogP contribution in [0.25, 0.3) is 0 Å². The van der Waals surface area contributed by atoms with Gasteiger partial charge in [0, 0.05) is 57.6 Å². The summed E-state index contributed by atoms with van der Waals surface area (Å²) in [5.74, 6) is -2.01. The molecule has 0 spiro atoms. The molecule has 272 valence electrons. The number of piperidine rings is 1. The Balaban J connectivity index is 1.18. The van der Waals surface area contributed by atoms with E-state index in [1.807, 2.05) is 4.90 Å². The maximum atomic E-state index is 15.9. The average molecular weight is 708 g/mol. The van der Waals surface area contributed by atoms with E-state index in [1.54, 1.807) is 36.4 Å². The van der Waals surface area contributed by atoms with Crippen molar-refractivity contribution in [3.63, 3.8) is 0 Å². The van der Waals surface area contributed by atoms with Crippen LogP contribution < -0.4 is 19.7 Å². The van der Waals surface area contributed by atoms with Gasteiger partial charge in [-0.2, -0.15) is 0 Å². The minimum absolute atomic E-state index is 0.00242. The summed E-state index contributed by atoms with van der Waals surface area (Å²) >= 11 is 0. The van der Waals surface area contributed by atoms with Crippen LogP contribution in [0.15, 0.2) is 60.7 Å². The number of benzene rings is 3. The van der Waals surface area contributed by atoms with Crippen LogP contribution in [0.3, 0.4) is 0 Å². The molecule has 0 saturated carbocycles. The first-order valence-electron chi connectivity index (χ1n) is 16.8. The van der Waals surface area contributed by atoms with E-state index in [4.69, 9.17) is 28.7 Å². The van der Waals surface area contributed by atoms with E-state index in [1.165, 1.54) is 43.4 Å². The Morgan fingerprint density at radius 1 is 0.745 bits per heavy atom. The predicted molar refractivity (Wildman–Crippen MR) is 182 cm³/mol. The second-order valence-electron chi connectivity index (χ2n) is 12.2. The van der Waals surface area contributed by atoms with Gasteiger partial charge in [0.15, 0.2) is 25.2 Å². The van der Waals surface area contributed by atoms with Crippen molar-refractivity contribution in [2.24, 2.45) is 0 Å². The smallest absolute Gasteiger partial charge is 0.453 e. The van der Waals surface area contributed by atoms with E-state index in [0.29, 0.717) is 49.5 Å². The third kappa shape index (κ3) is 9.73. The van der Waals surface area contributed by atoms with Crippen LogP contribution >= 0.6 is 0 Å². The fourth-order valence-corrected chi connectivity index (χ4v) is 5.98. The fourth-order valence-electron chi connectivity index (χ4n) is 5.98. The van der Waals surface area contributed by atoms with E-state index in [0.717, 1.165) is 25.7 Å². The molecule has 5 rings (SSSR count). The van der Waals surface area contributed by atoms with Gasteiger partial charge in [-0.15, -0.1) is 0 Å². The van der Waals surface area contributed by atoms with Crippen molar-refractivity contribution in [1.29, 1.82) is 0 Å². The number of halogens is 1. The van der Waals surface area contributed by atoms with Crippen molar-refractivity contribution in [2.75, 3.05) is 58.9 Å². The van der Waals surface area contributed by atoms with Crippen LogP contribution in [-0.2, 0) is 19.2 Å². The third-order valence-electron chi connectivity index (χ3n) is 8.64. The monoisotopic (exact) mass is 707 g/mol. The van der Waals surface area contributed by atoms with Gasteiger partial charge in [-0.25, -0.2) is 23.8 Å². The van der Waals surface area contributed by atoms with Gasteiger partial charge in [0.1, 0.15) is 17.1 Å². The summed E-state index contributed by atoms with van der Waals surface area (Å²) in [6, 6.07) is 14.7. The highest BCUT2D eigenvalue weighted by Crippen LogP contribution is 2.33. The van der Waals surface area contributed by atoms with Crippen LogP contribution in [0.1, 0.15) is 75.2 Å². The molecule has 0 aliphatic carbocycles. The number of carbonyl (C=O) groups excluding carboxylic acids is 4. The average Bonchev–Trinajstić information content (AvgIpc) is 3.41. The molecule has 1 unspecified atom stereocenters. The maximum Gasteiger partial charge on any atom is 0.453 e. The topological polar surface area (TPSA) is 142 Å². The maximum absolute atomic E-state index is 15.9. The lowest BCUT2D eigenvalue weighted by Crippen LogP contribution is -2.45. The zero-order chi connectivity index (χ0) is 36.2. The molecular formula is C37H42FN3O10. The largest absolute Gasteiger partial charge is 0.468 e. The number of methoxy groups -OCH3 is 2. The van der Waals surface area contributed by atoms with E-state index in [9.17, 15) is 19.2 Å². The van der Waals surface area contributed by atoms with Crippen molar-refractivity contribution < 1.29 is 52.3 Å². The summed E-state index contributed by atoms with van der Waals surface area (Å²) in [5, 5.41) is 2.95. The van der Waals surface area contributed by atoms with Gasteiger partial charge in [0.2, 0.25) is 0 Å². The number of likely N-dealkylation sites (tertiary alicyclic amines) is 1. The molecule has 1 N–H and O–H groups in total. The normalized spacial score (nSPS) is 16.1. The Labute approximate surface area is 295 Å². The van der Waals surface area contributed by atoms with Gasteiger partial charge in [0.05, 0.1) is 11.3 Å². The highest BCUT2D eigenvalue weighted by molar-refractivity contribution is 6.11. The molecule has 1 atom stereocenters. The number of ketones is 1. The molecule has 13 nitrogen and oxygen atoms in total. The number of nitrogens with zero attached hydrogens (tertiary/aromatic N) is 2. The van der Waals surface area contributed by atoms with Gasteiger partial charge >= 0.3 is 12.1 Å². The highest BCUT2D eigenvalue weighted by Gasteiger charge is 2.28. The van der Waals surface area contributed by atoms with E-state index in [-0.39, 0.29) is 54.5 Å². The molecule has 0 aromatic heterocycles. The minimum atomic E-state index is -0.970. The highest BCUT2D eigenvalue weighted by atomic mass is 19.1. The van der Waals surface area contributed by atoms with Gasteiger partial charge < -0.3 is 34.1 Å². The van der Waals surface area contributed by atoms with Crippen molar-refractivity contribution in [1.82, 2.24) is 10.2 Å². The minimum Gasteiger partial charge on any atom is -0.468 e. The van der Waals surface area contributed by atoms with Crippen LogP contribution in [0.4, 0.5) is 14.9 Å². The quantitative estimate of drug-likeness (QED) is 0.110. The van der Waals surface area contributed by atoms with Gasteiger partial charge in [-0.05, 0) is 87.1 Å². The SMILES string of the molecule is COCOc1ccc(C(=O)NC2CCCCN(C(=O)OOC(=O)c3ccc(C(=O)c4c(OCOC)ccc(N5CCCCC5)c4F)cc3)C2)cc1. The van der Waals surface area contributed by atoms with Crippen molar-refractivity contribution in [3.05, 3.63) is 88.7 Å². The van der Waals surface area contributed by atoms with Crippen LogP contribution in [0, 0.1) is 5.82 Å². The van der Waals surface area contributed by atoms with Crippen molar-refractivity contribution >= 4 is 29.4 Å². The molecule has 2 amide bonds. The summed E-state index contributed by atoms with van der Waals surface area (Å²) < 4.78 is 36.6. The summed E-state index contributed by atoms with van der Waals surface area (Å²) in [6.07, 6.45) is 4.10. The van der Waals surface area contributed by atoms with Crippen LogP contribution in [-0.4, -0.2) is 88.7 Å². The molecule has 0 radical (unpaired) electrons. The molecule has 2 aliphatic rings. The zero-order valence-electron chi connectivity index (χ0n) is 28.7. The molecule has 51 heavy (non-hydrogen) atoms. The number of hydrogen-bond acceptors (Lipinski definition) is 11. The summed E-state index contributed by atoms with van der Waals surface area (Å²) in [5.41, 5.74) is 0.612.